The molecule has 0 saturated carbocycles. The lowest BCUT2D eigenvalue weighted by Gasteiger charge is -2.24. The fourth-order valence-electron chi connectivity index (χ4n) is 3.98. The summed E-state index contributed by atoms with van der Waals surface area (Å²) in [7, 11) is 0. The van der Waals surface area contributed by atoms with E-state index in [9.17, 15) is 4.79 Å². The Morgan fingerprint density at radius 1 is 1.04 bits per heavy atom. The van der Waals surface area contributed by atoms with Crippen LogP contribution in [-0.2, 0) is 24.2 Å². The summed E-state index contributed by atoms with van der Waals surface area (Å²) in [5.74, 6) is 0.299. The highest BCUT2D eigenvalue weighted by Crippen LogP contribution is 2.28. The van der Waals surface area contributed by atoms with Crippen LogP contribution in [0.1, 0.15) is 23.1 Å². The van der Waals surface area contributed by atoms with Crippen molar-refractivity contribution in [3.63, 3.8) is 0 Å². The minimum atomic E-state index is 0.261. The highest BCUT2D eigenvalue weighted by molar-refractivity contribution is 7.98. The van der Waals surface area contributed by atoms with Gasteiger partial charge in [-0.3, -0.25) is 4.79 Å². The van der Waals surface area contributed by atoms with Crippen molar-refractivity contribution in [3.8, 4) is 0 Å². The van der Waals surface area contributed by atoms with Crippen molar-refractivity contribution in [1.29, 1.82) is 0 Å². The summed E-state index contributed by atoms with van der Waals surface area (Å²) >= 11 is 1.76. The molecular formula is C21H24N2OS. The zero-order valence-corrected chi connectivity index (χ0v) is 15.4. The van der Waals surface area contributed by atoms with Gasteiger partial charge in [0.15, 0.2) is 0 Å². The lowest BCUT2D eigenvalue weighted by atomic mass is 10.1. The Morgan fingerprint density at radius 3 is 2.36 bits per heavy atom. The molecule has 1 saturated heterocycles. The number of hydrogen-bond acceptors (Lipinski definition) is 3. The molecule has 1 heterocycles. The third-order valence-corrected chi connectivity index (χ3v) is 6.13. The van der Waals surface area contributed by atoms with E-state index in [0.29, 0.717) is 18.4 Å². The fraction of sp³-hybridized carbons (Fsp3) is 0.381. The molecule has 1 atom stereocenters. The van der Waals surface area contributed by atoms with Crippen LogP contribution in [0.3, 0.4) is 0 Å². The molecule has 4 rings (SSSR count). The van der Waals surface area contributed by atoms with Gasteiger partial charge in [0.1, 0.15) is 0 Å². The van der Waals surface area contributed by atoms with Crippen molar-refractivity contribution in [1.82, 2.24) is 10.2 Å². The predicted octanol–water partition coefficient (Wildman–Crippen LogP) is 3.27. The van der Waals surface area contributed by atoms with Crippen molar-refractivity contribution < 1.29 is 4.79 Å². The van der Waals surface area contributed by atoms with Crippen LogP contribution >= 0.6 is 11.8 Å². The summed E-state index contributed by atoms with van der Waals surface area (Å²) in [6, 6.07) is 17.8. The van der Waals surface area contributed by atoms with E-state index in [1.807, 2.05) is 0 Å². The summed E-state index contributed by atoms with van der Waals surface area (Å²) < 4.78 is 0. The molecule has 2 aromatic rings. The topological polar surface area (TPSA) is 32.3 Å². The number of rotatable bonds is 5. The van der Waals surface area contributed by atoms with Crippen LogP contribution in [0.4, 0.5) is 0 Å². The number of hydrogen-bond donors (Lipinski definition) is 1. The van der Waals surface area contributed by atoms with E-state index in [1.165, 1.54) is 21.6 Å². The van der Waals surface area contributed by atoms with Gasteiger partial charge in [-0.1, -0.05) is 36.4 Å². The minimum Gasteiger partial charge on any atom is -0.337 e. The number of nitrogens with zero attached hydrogens (tertiary/aromatic N) is 1. The number of likely N-dealkylation sites (tertiary alicyclic amines) is 1. The summed E-state index contributed by atoms with van der Waals surface area (Å²) in [6.45, 7) is 1.66. The molecule has 0 aromatic heterocycles. The van der Waals surface area contributed by atoms with Crippen molar-refractivity contribution in [2.45, 2.75) is 42.8 Å². The van der Waals surface area contributed by atoms with Gasteiger partial charge in [-0.15, -0.1) is 11.8 Å². The molecule has 2 aliphatic rings. The fourth-order valence-corrected chi connectivity index (χ4v) is 4.39. The molecule has 1 aliphatic heterocycles. The summed E-state index contributed by atoms with van der Waals surface area (Å²) in [6.07, 6.45) is 4.72. The maximum atomic E-state index is 12.5. The van der Waals surface area contributed by atoms with E-state index in [0.717, 1.165) is 25.9 Å². The van der Waals surface area contributed by atoms with E-state index in [2.05, 4.69) is 65.0 Å². The van der Waals surface area contributed by atoms with Gasteiger partial charge in [0.05, 0.1) is 0 Å². The first-order valence-corrected chi connectivity index (χ1v) is 10.2. The number of amides is 1. The Kier molecular flexibility index (Phi) is 4.82. The van der Waals surface area contributed by atoms with E-state index in [4.69, 9.17) is 0 Å². The number of fused-ring (bicyclic) bond motifs is 1. The van der Waals surface area contributed by atoms with Crippen molar-refractivity contribution in [2.75, 3.05) is 12.8 Å². The highest BCUT2D eigenvalue weighted by atomic mass is 32.2. The van der Waals surface area contributed by atoms with Crippen LogP contribution < -0.4 is 5.32 Å². The molecule has 2 aromatic carbocycles. The Morgan fingerprint density at radius 2 is 1.72 bits per heavy atom. The van der Waals surface area contributed by atoms with Crippen LogP contribution in [0.5, 0.6) is 0 Å². The van der Waals surface area contributed by atoms with Crippen molar-refractivity contribution >= 4 is 17.7 Å². The first kappa shape index (κ1) is 16.7. The number of nitrogens with one attached hydrogen (secondary N) is 1. The molecule has 0 radical (unpaired) electrons. The molecular weight excluding hydrogens is 328 g/mol. The molecule has 0 spiro atoms. The average Bonchev–Trinajstić information content (AvgIpc) is 3.23. The SMILES string of the molecule is CSc1ccc(CN[C@@H]2CC(=O)N(C3Cc4ccccc4C3)C2)cc1. The quantitative estimate of drug-likeness (QED) is 0.838. The number of thioether (sulfide) groups is 1. The lowest BCUT2D eigenvalue weighted by molar-refractivity contribution is -0.129. The van der Waals surface area contributed by atoms with Gasteiger partial charge < -0.3 is 10.2 Å². The second-order valence-electron chi connectivity index (χ2n) is 7.01. The van der Waals surface area contributed by atoms with E-state index in [1.54, 1.807) is 11.8 Å². The molecule has 0 bridgehead atoms. The van der Waals surface area contributed by atoms with Crippen molar-refractivity contribution in [3.05, 3.63) is 65.2 Å². The maximum absolute atomic E-state index is 12.5. The Balaban J connectivity index is 1.33. The Bertz CT molecular complexity index is 734. The first-order valence-electron chi connectivity index (χ1n) is 8.95. The second kappa shape index (κ2) is 7.22. The monoisotopic (exact) mass is 352 g/mol. The molecule has 1 aliphatic carbocycles. The average molecular weight is 353 g/mol. The molecule has 130 valence electrons. The maximum Gasteiger partial charge on any atom is 0.224 e. The largest absolute Gasteiger partial charge is 0.337 e. The normalized spacial score (nSPS) is 20.3. The van der Waals surface area contributed by atoms with Crippen LogP contribution in [0, 0.1) is 0 Å². The standard InChI is InChI=1S/C21H24N2OS/c1-25-20-8-6-15(7-9-20)13-22-18-12-21(24)23(14-18)19-10-16-4-2-3-5-17(16)11-19/h2-9,18-19,22H,10-14H2,1H3/t18-/m1/s1. The Hall–Kier alpha value is -1.78. The summed E-state index contributed by atoms with van der Waals surface area (Å²) in [5.41, 5.74) is 4.09. The van der Waals surface area contributed by atoms with Crippen molar-refractivity contribution in [2.24, 2.45) is 0 Å². The number of carbonyl (C=O) groups is 1. The molecule has 25 heavy (non-hydrogen) atoms. The van der Waals surface area contributed by atoms with Gasteiger partial charge in [0, 0.05) is 36.5 Å². The Labute approximate surface area is 153 Å². The highest BCUT2D eigenvalue weighted by Gasteiger charge is 2.36. The summed E-state index contributed by atoms with van der Waals surface area (Å²) in [5, 5.41) is 3.57. The smallest absolute Gasteiger partial charge is 0.224 e. The molecule has 1 fully saturated rings. The van der Waals surface area contributed by atoms with E-state index >= 15 is 0 Å². The zero-order valence-electron chi connectivity index (χ0n) is 14.6. The second-order valence-corrected chi connectivity index (χ2v) is 7.89. The van der Waals surface area contributed by atoms with Crippen LogP contribution in [0.25, 0.3) is 0 Å². The molecule has 1 N–H and O–H groups in total. The number of carbonyl (C=O) groups excluding carboxylic acids is 1. The molecule has 1 amide bonds. The molecule has 4 heteroatoms. The molecule has 3 nitrogen and oxygen atoms in total. The zero-order chi connectivity index (χ0) is 17.2. The predicted molar refractivity (Wildman–Crippen MR) is 103 cm³/mol. The van der Waals surface area contributed by atoms with E-state index < -0.39 is 0 Å². The van der Waals surface area contributed by atoms with Gasteiger partial charge in [0.25, 0.3) is 0 Å². The van der Waals surface area contributed by atoms with Gasteiger partial charge >= 0.3 is 0 Å². The lowest BCUT2D eigenvalue weighted by Crippen LogP contribution is -2.39. The summed E-state index contributed by atoms with van der Waals surface area (Å²) in [4.78, 5) is 15.9. The van der Waals surface area contributed by atoms with Gasteiger partial charge in [-0.05, 0) is 47.9 Å². The van der Waals surface area contributed by atoms with Crippen LogP contribution in [0.15, 0.2) is 53.4 Å². The van der Waals surface area contributed by atoms with E-state index in [-0.39, 0.29) is 6.04 Å². The van der Waals surface area contributed by atoms with Crippen LogP contribution in [-0.4, -0.2) is 35.7 Å². The van der Waals surface area contributed by atoms with Gasteiger partial charge in [0.2, 0.25) is 5.91 Å². The molecule has 0 unspecified atom stereocenters. The minimum absolute atomic E-state index is 0.261. The number of benzene rings is 2. The van der Waals surface area contributed by atoms with Crippen LogP contribution in [0.2, 0.25) is 0 Å². The first-order chi connectivity index (χ1) is 12.2. The van der Waals surface area contributed by atoms with Gasteiger partial charge in [-0.25, -0.2) is 0 Å². The third kappa shape index (κ3) is 3.60. The third-order valence-electron chi connectivity index (χ3n) is 5.38. The van der Waals surface area contributed by atoms with Gasteiger partial charge in [-0.2, -0.15) is 0 Å².